The molecule has 17 heavy (non-hydrogen) atoms. The van der Waals surface area contributed by atoms with E-state index in [1.165, 1.54) is 0 Å². The molecule has 0 unspecified atom stereocenters. The topological polar surface area (TPSA) is 33.0 Å². The molecule has 3 heteroatoms. The largest absolute Gasteiger partial charge is 0.496 e. The Morgan fingerprint density at radius 3 is 2.53 bits per heavy atom. The van der Waals surface area contributed by atoms with Crippen molar-refractivity contribution in [3.63, 3.8) is 0 Å². The molecule has 0 heterocycles. The van der Waals surface area contributed by atoms with E-state index in [4.69, 9.17) is 21.6 Å². The number of hydrogen-bond acceptors (Lipinski definition) is 2. The van der Waals surface area contributed by atoms with Gasteiger partial charge < -0.3 is 4.74 Å². The minimum atomic E-state index is 0.550. The number of rotatable bonds is 2. The molecule has 0 aliphatic rings. The average molecular weight is 244 g/mol. The van der Waals surface area contributed by atoms with E-state index in [9.17, 15) is 0 Å². The summed E-state index contributed by atoms with van der Waals surface area (Å²) in [4.78, 5) is 0. The van der Waals surface area contributed by atoms with Gasteiger partial charge in [-0.05, 0) is 18.2 Å². The van der Waals surface area contributed by atoms with Crippen LogP contribution in [0.1, 0.15) is 5.56 Å². The molecule has 0 spiro atoms. The second-order valence-electron chi connectivity index (χ2n) is 3.51. The van der Waals surface area contributed by atoms with Crippen LogP contribution in [0, 0.1) is 11.3 Å². The summed E-state index contributed by atoms with van der Waals surface area (Å²) >= 11 is 6.16. The van der Waals surface area contributed by atoms with Gasteiger partial charge in [-0.25, -0.2) is 0 Å². The van der Waals surface area contributed by atoms with Gasteiger partial charge in [-0.2, -0.15) is 5.26 Å². The van der Waals surface area contributed by atoms with E-state index >= 15 is 0 Å². The second kappa shape index (κ2) is 4.90. The first-order chi connectivity index (χ1) is 8.26. The van der Waals surface area contributed by atoms with Crippen LogP contribution in [0.4, 0.5) is 0 Å². The summed E-state index contributed by atoms with van der Waals surface area (Å²) in [5, 5.41) is 9.34. The number of benzene rings is 2. The zero-order valence-corrected chi connectivity index (χ0v) is 10.0. The van der Waals surface area contributed by atoms with Gasteiger partial charge in [-0.1, -0.05) is 35.9 Å². The van der Waals surface area contributed by atoms with Crippen LogP contribution >= 0.6 is 11.6 Å². The van der Waals surface area contributed by atoms with Gasteiger partial charge in [-0.3, -0.25) is 0 Å². The Bertz CT molecular complexity index is 587. The van der Waals surface area contributed by atoms with Gasteiger partial charge in [0.15, 0.2) is 0 Å². The molecule has 0 fully saturated rings. The third kappa shape index (κ3) is 2.25. The van der Waals surface area contributed by atoms with Gasteiger partial charge in [0.25, 0.3) is 0 Å². The molecule has 0 N–H and O–H groups in total. The van der Waals surface area contributed by atoms with Gasteiger partial charge in [0, 0.05) is 16.1 Å². The first-order valence-corrected chi connectivity index (χ1v) is 5.47. The number of ether oxygens (including phenoxy) is 1. The predicted octanol–water partition coefficient (Wildman–Crippen LogP) is 3.89. The highest BCUT2D eigenvalue weighted by molar-refractivity contribution is 6.33. The van der Waals surface area contributed by atoms with Crippen LogP contribution in [-0.4, -0.2) is 7.11 Å². The zero-order valence-electron chi connectivity index (χ0n) is 9.27. The Hall–Kier alpha value is -1.98. The predicted molar refractivity (Wildman–Crippen MR) is 68.2 cm³/mol. The Morgan fingerprint density at radius 1 is 1.12 bits per heavy atom. The van der Waals surface area contributed by atoms with Crippen LogP contribution in [0.2, 0.25) is 5.02 Å². The molecule has 0 aliphatic heterocycles. The summed E-state index contributed by atoms with van der Waals surface area (Å²) in [6, 6.07) is 14.9. The van der Waals surface area contributed by atoms with Crippen molar-refractivity contribution in [1.82, 2.24) is 0 Å². The van der Waals surface area contributed by atoms with Crippen LogP contribution in [0.5, 0.6) is 5.75 Å². The fourth-order valence-electron chi connectivity index (χ4n) is 1.67. The molecule has 0 saturated heterocycles. The Morgan fingerprint density at radius 2 is 1.88 bits per heavy atom. The van der Waals surface area contributed by atoms with Crippen LogP contribution in [0.15, 0.2) is 42.5 Å². The monoisotopic (exact) mass is 243 g/mol. The van der Waals surface area contributed by atoms with Crippen molar-refractivity contribution in [3.8, 4) is 22.9 Å². The van der Waals surface area contributed by atoms with E-state index in [2.05, 4.69) is 6.07 Å². The van der Waals surface area contributed by atoms with Crippen LogP contribution in [-0.2, 0) is 0 Å². The van der Waals surface area contributed by atoms with Gasteiger partial charge in [-0.15, -0.1) is 0 Å². The Balaban J connectivity index is 2.57. The van der Waals surface area contributed by atoms with E-state index in [0.717, 1.165) is 16.9 Å². The van der Waals surface area contributed by atoms with Crippen molar-refractivity contribution in [2.75, 3.05) is 7.11 Å². The lowest BCUT2D eigenvalue weighted by atomic mass is 10.0. The maximum absolute atomic E-state index is 8.79. The van der Waals surface area contributed by atoms with Crippen LogP contribution in [0.25, 0.3) is 11.1 Å². The van der Waals surface area contributed by atoms with Gasteiger partial charge in [0.1, 0.15) is 5.75 Å². The molecule has 2 aromatic carbocycles. The molecule has 0 amide bonds. The molecule has 0 saturated carbocycles. The van der Waals surface area contributed by atoms with Gasteiger partial charge in [0.2, 0.25) is 0 Å². The smallest absolute Gasteiger partial charge is 0.126 e. The lowest BCUT2D eigenvalue weighted by Crippen LogP contribution is -1.88. The molecular formula is C14H10ClNO. The minimum Gasteiger partial charge on any atom is -0.496 e. The molecule has 2 rings (SSSR count). The van der Waals surface area contributed by atoms with Gasteiger partial charge in [0.05, 0.1) is 18.7 Å². The number of para-hydroxylation sites is 1. The molecule has 0 aromatic heterocycles. The molecule has 0 aliphatic carbocycles. The number of methoxy groups -OCH3 is 1. The van der Waals surface area contributed by atoms with E-state index < -0.39 is 0 Å². The quantitative estimate of drug-likeness (QED) is 0.802. The standard InChI is InChI=1S/C14H10ClNO/c1-17-14-5-3-2-4-12(14)11-7-6-10(9-16)8-13(11)15/h2-8H,1H3. The summed E-state index contributed by atoms with van der Waals surface area (Å²) in [5.41, 5.74) is 2.33. The molecular weight excluding hydrogens is 234 g/mol. The first kappa shape index (κ1) is 11.5. The maximum atomic E-state index is 8.79. The summed E-state index contributed by atoms with van der Waals surface area (Å²) in [7, 11) is 1.62. The summed E-state index contributed by atoms with van der Waals surface area (Å²) < 4.78 is 5.29. The fourth-order valence-corrected chi connectivity index (χ4v) is 1.95. The molecule has 0 radical (unpaired) electrons. The van der Waals surface area contributed by atoms with Crippen molar-refractivity contribution in [2.24, 2.45) is 0 Å². The highest BCUT2D eigenvalue weighted by atomic mass is 35.5. The van der Waals surface area contributed by atoms with E-state index in [0.29, 0.717) is 10.6 Å². The van der Waals surface area contributed by atoms with E-state index in [1.54, 1.807) is 19.2 Å². The lowest BCUT2D eigenvalue weighted by molar-refractivity contribution is 0.416. The number of nitriles is 1. The summed E-state index contributed by atoms with van der Waals surface area (Å²) in [6.45, 7) is 0. The normalized spacial score (nSPS) is 9.71. The fraction of sp³-hybridized carbons (Fsp3) is 0.0714. The third-order valence-corrected chi connectivity index (χ3v) is 2.81. The van der Waals surface area contributed by atoms with E-state index in [1.807, 2.05) is 30.3 Å². The highest BCUT2D eigenvalue weighted by Crippen LogP contribution is 2.34. The van der Waals surface area contributed by atoms with Crippen molar-refractivity contribution in [1.29, 1.82) is 5.26 Å². The van der Waals surface area contributed by atoms with Gasteiger partial charge >= 0.3 is 0 Å². The van der Waals surface area contributed by atoms with E-state index in [-0.39, 0.29) is 0 Å². The second-order valence-corrected chi connectivity index (χ2v) is 3.91. The maximum Gasteiger partial charge on any atom is 0.126 e. The molecule has 2 nitrogen and oxygen atoms in total. The molecule has 0 atom stereocenters. The van der Waals surface area contributed by atoms with Crippen molar-refractivity contribution >= 4 is 11.6 Å². The van der Waals surface area contributed by atoms with Crippen molar-refractivity contribution in [3.05, 3.63) is 53.1 Å². The first-order valence-electron chi connectivity index (χ1n) is 5.09. The minimum absolute atomic E-state index is 0.550. The third-order valence-electron chi connectivity index (χ3n) is 2.50. The highest BCUT2D eigenvalue weighted by Gasteiger charge is 2.09. The SMILES string of the molecule is COc1ccccc1-c1ccc(C#N)cc1Cl. The van der Waals surface area contributed by atoms with Crippen molar-refractivity contribution < 1.29 is 4.74 Å². The van der Waals surface area contributed by atoms with Crippen molar-refractivity contribution in [2.45, 2.75) is 0 Å². The zero-order chi connectivity index (χ0) is 12.3. The number of nitrogens with zero attached hydrogens (tertiary/aromatic N) is 1. The van der Waals surface area contributed by atoms with Crippen LogP contribution in [0.3, 0.4) is 0 Å². The average Bonchev–Trinajstić information content (AvgIpc) is 2.38. The van der Waals surface area contributed by atoms with Crippen LogP contribution < -0.4 is 4.74 Å². The summed E-state index contributed by atoms with van der Waals surface area (Å²) in [6.07, 6.45) is 0. The molecule has 2 aromatic rings. The summed E-state index contributed by atoms with van der Waals surface area (Å²) in [5.74, 6) is 0.763. The molecule has 0 bridgehead atoms. The Kier molecular flexibility index (Phi) is 3.32. The Labute approximate surface area is 105 Å². The number of halogens is 1. The number of hydrogen-bond donors (Lipinski definition) is 0. The molecule has 84 valence electrons. The lowest BCUT2D eigenvalue weighted by Gasteiger charge is -2.09.